The number of nitrogens with zero attached hydrogens (tertiary/aromatic N) is 1. The highest BCUT2D eigenvalue weighted by atomic mass is 19.1. The van der Waals surface area contributed by atoms with E-state index in [9.17, 15) is 14.3 Å². The van der Waals surface area contributed by atoms with Crippen molar-refractivity contribution >= 4 is 5.97 Å². The number of carboxylic acids is 1. The molecule has 3 aromatic rings. The van der Waals surface area contributed by atoms with Gasteiger partial charge >= 0.3 is 5.97 Å². The summed E-state index contributed by atoms with van der Waals surface area (Å²) >= 11 is 0. The first-order chi connectivity index (χ1) is 18.0. The number of aryl methyl sites for hydroxylation is 1. The van der Waals surface area contributed by atoms with Crippen LogP contribution in [0.2, 0.25) is 0 Å². The van der Waals surface area contributed by atoms with Crippen molar-refractivity contribution < 1.29 is 28.5 Å². The predicted molar refractivity (Wildman–Crippen MR) is 133 cm³/mol. The second-order valence-electron chi connectivity index (χ2n) is 10.8. The molecule has 4 aliphatic carbocycles. The summed E-state index contributed by atoms with van der Waals surface area (Å²) in [6, 6.07) is 14.6. The number of aliphatic carboxylic acids is 1. The summed E-state index contributed by atoms with van der Waals surface area (Å²) in [7, 11) is 0. The lowest BCUT2D eigenvalue weighted by Crippen LogP contribution is -2.21. The molecule has 6 nitrogen and oxygen atoms in total. The molecule has 1 N–H and O–H groups in total. The quantitative estimate of drug-likeness (QED) is 0.441. The first-order valence-electron chi connectivity index (χ1n) is 13.0. The number of hydrogen-bond donors (Lipinski definition) is 1. The molecule has 37 heavy (non-hydrogen) atoms. The summed E-state index contributed by atoms with van der Waals surface area (Å²) in [5, 5.41) is 9.61. The van der Waals surface area contributed by atoms with Crippen molar-refractivity contribution in [2.24, 2.45) is 17.3 Å². The van der Waals surface area contributed by atoms with Gasteiger partial charge in [0.2, 0.25) is 5.88 Å². The third kappa shape index (κ3) is 3.47. The minimum Gasteiger partial charge on any atom is -0.489 e. The standard InChI is InChI=1S/C30H28FNO5/c1-16-21(5-7-25(32-16)37-14-17-8-10-35-11-9-17)18-2-6-24(31)19(12-18)15-36-20-3-4-22-23(13-20)27-28-26(22)30(27,28)29(33)34/h2-7,12-13,17,26-28H,8-11,14-15H2,1H3,(H,33,34)/t26-,27?,28-,30+/m0/s1. The molecule has 2 aromatic carbocycles. The van der Waals surface area contributed by atoms with Gasteiger partial charge in [-0.2, -0.15) is 0 Å². The maximum atomic E-state index is 14.7. The van der Waals surface area contributed by atoms with Crippen LogP contribution in [0.25, 0.3) is 11.1 Å². The Bertz CT molecular complexity index is 1420. The molecule has 4 atom stereocenters. The average Bonchev–Trinajstić information content (AvgIpc) is 3.70. The predicted octanol–water partition coefficient (Wildman–Crippen LogP) is 5.48. The largest absolute Gasteiger partial charge is 0.489 e. The number of ether oxygens (including phenoxy) is 3. The maximum Gasteiger partial charge on any atom is 0.311 e. The summed E-state index contributed by atoms with van der Waals surface area (Å²) in [6.45, 7) is 4.22. The Labute approximate surface area is 214 Å². The summed E-state index contributed by atoms with van der Waals surface area (Å²) in [4.78, 5) is 16.3. The van der Waals surface area contributed by atoms with Crippen LogP contribution in [0.15, 0.2) is 48.5 Å². The van der Waals surface area contributed by atoms with Gasteiger partial charge in [0, 0.05) is 47.9 Å². The number of benzene rings is 2. The van der Waals surface area contributed by atoms with E-state index in [1.54, 1.807) is 12.1 Å². The molecule has 1 unspecified atom stereocenters. The van der Waals surface area contributed by atoms with E-state index >= 15 is 0 Å². The molecule has 1 aliphatic heterocycles. The fraction of sp³-hybridized carbons (Fsp3) is 0.400. The number of rotatable bonds is 8. The van der Waals surface area contributed by atoms with E-state index in [0.29, 0.717) is 29.7 Å². The molecule has 3 fully saturated rings. The minimum atomic E-state index is -0.686. The van der Waals surface area contributed by atoms with Crippen molar-refractivity contribution in [2.45, 2.75) is 38.2 Å². The van der Waals surface area contributed by atoms with Gasteiger partial charge in [0.15, 0.2) is 0 Å². The SMILES string of the molecule is Cc1nc(OCC2CCOCC2)ccc1-c1ccc(F)c(COc2ccc3c(c2)C2[C@@H]4[C@H]3[C@@]24C(=O)O)c1. The Morgan fingerprint density at radius 3 is 2.65 bits per heavy atom. The molecule has 8 rings (SSSR count). The van der Waals surface area contributed by atoms with Gasteiger partial charge in [-0.15, -0.1) is 0 Å². The lowest BCUT2D eigenvalue weighted by Gasteiger charge is -2.22. The van der Waals surface area contributed by atoms with E-state index in [2.05, 4.69) is 4.98 Å². The first-order valence-corrected chi connectivity index (χ1v) is 13.0. The zero-order valence-corrected chi connectivity index (χ0v) is 20.6. The molecule has 0 spiro atoms. The van der Waals surface area contributed by atoms with Crippen molar-refractivity contribution in [3.8, 4) is 22.8 Å². The summed E-state index contributed by atoms with van der Waals surface area (Å²) in [5.74, 6) is 1.26. The zero-order valence-electron chi connectivity index (χ0n) is 20.6. The van der Waals surface area contributed by atoms with Crippen LogP contribution in [0.5, 0.6) is 11.6 Å². The number of carbonyl (C=O) groups is 1. The van der Waals surface area contributed by atoms with Gasteiger partial charge in [-0.3, -0.25) is 4.79 Å². The Kier molecular flexibility index (Phi) is 5.09. The summed E-state index contributed by atoms with van der Waals surface area (Å²) in [5.41, 5.74) is 4.73. The van der Waals surface area contributed by atoms with Crippen LogP contribution in [0.1, 0.15) is 47.1 Å². The van der Waals surface area contributed by atoms with Crippen molar-refractivity contribution in [1.82, 2.24) is 4.98 Å². The van der Waals surface area contributed by atoms with Gasteiger partial charge < -0.3 is 19.3 Å². The van der Waals surface area contributed by atoms with Crippen molar-refractivity contribution in [2.75, 3.05) is 19.8 Å². The monoisotopic (exact) mass is 501 g/mol. The number of aromatic nitrogens is 1. The van der Waals surface area contributed by atoms with E-state index in [1.165, 1.54) is 6.07 Å². The molecule has 2 bridgehead atoms. The molecule has 0 amide bonds. The smallest absolute Gasteiger partial charge is 0.311 e. The average molecular weight is 502 g/mol. The Morgan fingerprint density at radius 2 is 1.89 bits per heavy atom. The topological polar surface area (TPSA) is 77.9 Å². The van der Waals surface area contributed by atoms with Gasteiger partial charge in [0.1, 0.15) is 18.2 Å². The van der Waals surface area contributed by atoms with Crippen molar-refractivity contribution in [3.05, 3.63) is 76.7 Å². The number of halogens is 1. The normalized spacial score (nSPS) is 26.8. The Hall–Kier alpha value is -3.45. The highest BCUT2D eigenvalue weighted by Gasteiger charge is 2.95. The third-order valence-electron chi connectivity index (χ3n) is 8.80. The summed E-state index contributed by atoms with van der Waals surface area (Å²) < 4.78 is 32.0. The van der Waals surface area contributed by atoms with E-state index in [0.717, 1.165) is 54.0 Å². The molecule has 2 heterocycles. The molecular weight excluding hydrogens is 473 g/mol. The number of hydrogen-bond acceptors (Lipinski definition) is 5. The molecule has 0 radical (unpaired) electrons. The molecule has 1 saturated heterocycles. The van der Waals surface area contributed by atoms with Crippen LogP contribution < -0.4 is 9.47 Å². The summed E-state index contributed by atoms with van der Waals surface area (Å²) in [6.07, 6.45) is 2.02. The van der Waals surface area contributed by atoms with E-state index in [1.807, 2.05) is 37.3 Å². The molecule has 190 valence electrons. The lowest BCUT2D eigenvalue weighted by molar-refractivity contribution is -0.141. The third-order valence-corrected chi connectivity index (χ3v) is 8.80. The fourth-order valence-corrected chi connectivity index (χ4v) is 6.70. The van der Waals surface area contributed by atoms with Gasteiger partial charge in [-0.25, -0.2) is 9.37 Å². The van der Waals surface area contributed by atoms with Gasteiger partial charge in [-0.1, -0.05) is 12.1 Å². The van der Waals surface area contributed by atoms with Crippen LogP contribution >= 0.6 is 0 Å². The molecule has 1 aromatic heterocycles. The van der Waals surface area contributed by atoms with Crippen LogP contribution in [-0.2, 0) is 16.1 Å². The maximum absolute atomic E-state index is 14.7. The fourth-order valence-electron chi connectivity index (χ4n) is 6.70. The zero-order chi connectivity index (χ0) is 25.3. The highest BCUT2D eigenvalue weighted by molar-refractivity contribution is 5.94. The van der Waals surface area contributed by atoms with E-state index in [4.69, 9.17) is 14.2 Å². The minimum absolute atomic E-state index is 0.0822. The van der Waals surface area contributed by atoms with Crippen LogP contribution in [0.4, 0.5) is 4.39 Å². The Balaban J connectivity index is 1.03. The van der Waals surface area contributed by atoms with Crippen LogP contribution in [-0.4, -0.2) is 35.9 Å². The molecule has 2 saturated carbocycles. The van der Waals surface area contributed by atoms with Gasteiger partial charge in [-0.05, 0) is 78.6 Å². The van der Waals surface area contributed by atoms with Crippen molar-refractivity contribution in [3.63, 3.8) is 0 Å². The van der Waals surface area contributed by atoms with E-state index in [-0.39, 0.29) is 30.2 Å². The van der Waals surface area contributed by atoms with Crippen LogP contribution in [0.3, 0.4) is 0 Å². The second-order valence-corrected chi connectivity index (χ2v) is 10.8. The lowest BCUT2D eigenvalue weighted by atomic mass is 10.0. The van der Waals surface area contributed by atoms with Gasteiger partial charge in [0.25, 0.3) is 0 Å². The molecule has 5 aliphatic rings. The second kappa shape index (κ2) is 8.28. The van der Waals surface area contributed by atoms with Crippen molar-refractivity contribution in [1.29, 1.82) is 0 Å². The van der Waals surface area contributed by atoms with Gasteiger partial charge in [0.05, 0.1) is 12.0 Å². The van der Waals surface area contributed by atoms with E-state index < -0.39 is 11.4 Å². The number of carboxylic acid groups (broad SMARTS) is 1. The highest BCUT2D eigenvalue weighted by Crippen LogP contribution is 2.96. The first kappa shape index (κ1) is 22.7. The molecular formula is C30H28FNO5. The number of pyridine rings is 1. The van der Waals surface area contributed by atoms with Crippen LogP contribution in [0, 0.1) is 30.0 Å². The molecule has 7 heteroatoms. The Morgan fingerprint density at radius 1 is 1.08 bits per heavy atom.